The van der Waals surface area contributed by atoms with Crippen molar-refractivity contribution in [3.8, 4) is 0 Å². The van der Waals surface area contributed by atoms with Crippen LogP contribution in [0.15, 0.2) is 71.4 Å². The van der Waals surface area contributed by atoms with Crippen molar-refractivity contribution < 1.29 is 13.2 Å². The van der Waals surface area contributed by atoms with Gasteiger partial charge in [0.15, 0.2) is 0 Å². The van der Waals surface area contributed by atoms with Crippen LogP contribution in [-0.4, -0.2) is 17.9 Å². The molecule has 154 valence electrons. The molecule has 0 radical (unpaired) electrons. The Morgan fingerprint density at radius 2 is 1.67 bits per heavy atom. The first-order valence-electron chi connectivity index (χ1n) is 9.70. The lowest BCUT2D eigenvalue weighted by Gasteiger charge is -2.33. The largest absolute Gasteiger partial charge is 0.416 e. The fourth-order valence-corrected chi connectivity index (χ4v) is 3.55. The first kappa shape index (κ1) is 20.1. The fourth-order valence-electron chi connectivity index (χ4n) is 3.55. The zero-order valence-corrected chi connectivity index (χ0v) is 17.0. The number of hydrogen-bond acceptors (Lipinski definition) is 3. The predicted molar refractivity (Wildman–Crippen MR) is 115 cm³/mol. The summed E-state index contributed by atoms with van der Waals surface area (Å²) >= 11 is 0. The van der Waals surface area contributed by atoms with E-state index in [1.54, 1.807) is 12.5 Å². The second-order valence-corrected chi connectivity index (χ2v) is 8.41. The molecule has 0 N–H and O–H groups in total. The molecule has 0 saturated carbocycles. The van der Waals surface area contributed by atoms with E-state index in [4.69, 9.17) is 4.99 Å². The lowest BCUT2D eigenvalue weighted by Crippen LogP contribution is -2.32. The third kappa shape index (κ3) is 3.95. The minimum absolute atomic E-state index is 0.170. The third-order valence-corrected chi connectivity index (χ3v) is 5.25. The number of fused-ring (bicyclic) bond motifs is 1. The highest BCUT2D eigenvalue weighted by Crippen LogP contribution is 2.38. The molecule has 30 heavy (non-hydrogen) atoms. The van der Waals surface area contributed by atoms with Gasteiger partial charge >= 0.3 is 6.18 Å². The Kier molecular flexibility index (Phi) is 4.88. The Morgan fingerprint density at radius 1 is 0.933 bits per heavy atom. The molecule has 0 fully saturated rings. The van der Waals surface area contributed by atoms with Gasteiger partial charge in [-0.2, -0.15) is 13.2 Å². The molecule has 0 amide bonds. The number of aliphatic imine (C=N–C) groups is 1. The molecule has 0 saturated heterocycles. The van der Waals surface area contributed by atoms with E-state index in [0.717, 1.165) is 39.9 Å². The van der Waals surface area contributed by atoms with Gasteiger partial charge in [-0.1, -0.05) is 39.0 Å². The summed E-state index contributed by atoms with van der Waals surface area (Å²) in [5, 5.41) is 1.06. The first-order valence-corrected chi connectivity index (χ1v) is 9.70. The number of pyridine rings is 1. The molecule has 4 rings (SSSR count). The van der Waals surface area contributed by atoms with Crippen LogP contribution in [0.5, 0.6) is 0 Å². The van der Waals surface area contributed by atoms with Crippen molar-refractivity contribution in [1.82, 2.24) is 4.98 Å². The number of anilines is 1. The maximum absolute atomic E-state index is 12.9. The standard InChI is InChI=1S/C24H22F3N3/c1-23(2,3)20-14-30(19-10-8-18(9-11-19)24(25,26)27)15-29-22(20)17-7-6-16-5-4-12-28-21(16)13-17/h4-13,15H,14H2,1-3H3. The summed E-state index contributed by atoms with van der Waals surface area (Å²) in [5.41, 5.74) is 3.73. The van der Waals surface area contributed by atoms with Crippen LogP contribution in [-0.2, 0) is 6.18 Å². The van der Waals surface area contributed by atoms with E-state index >= 15 is 0 Å². The van der Waals surface area contributed by atoms with Crippen molar-refractivity contribution >= 4 is 28.6 Å². The van der Waals surface area contributed by atoms with Gasteiger partial charge in [0.25, 0.3) is 0 Å². The summed E-state index contributed by atoms with van der Waals surface area (Å²) in [6, 6.07) is 15.2. The van der Waals surface area contributed by atoms with Gasteiger partial charge in [-0.05, 0) is 47.4 Å². The summed E-state index contributed by atoms with van der Waals surface area (Å²) in [5.74, 6) is 0. The van der Waals surface area contributed by atoms with Crippen LogP contribution >= 0.6 is 0 Å². The van der Waals surface area contributed by atoms with Crippen molar-refractivity contribution in [2.75, 3.05) is 11.4 Å². The van der Waals surface area contributed by atoms with Crippen molar-refractivity contribution in [2.45, 2.75) is 26.9 Å². The lowest BCUT2D eigenvalue weighted by atomic mass is 9.82. The number of nitrogens with zero attached hydrogens (tertiary/aromatic N) is 3. The molecule has 1 aromatic heterocycles. The van der Waals surface area contributed by atoms with E-state index in [0.29, 0.717) is 12.2 Å². The van der Waals surface area contributed by atoms with Gasteiger partial charge in [-0.15, -0.1) is 0 Å². The monoisotopic (exact) mass is 409 g/mol. The van der Waals surface area contributed by atoms with E-state index < -0.39 is 11.7 Å². The van der Waals surface area contributed by atoms with E-state index in [-0.39, 0.29) is 5.41 Å². The highest BCUT2D eigenvalue weighted by Gasteiger charge is 2.31. The first-order chi connectivity index (χ1) is 14.1. The minimum atomic E-state index is -4.34. The normalized spacial score (nSPS) is 15.2. The lowest BCUT2D eigenvalue weighted by molar-refractivity contribution is -0.137. The summed E-state index contributed by atoms with van der Waals surface area (Å²) in [7, 11) is 0. The minimum Gasteiger partial charge on any atom is -0.328 e. The molecular weight excluding hydrogens is 387 g/mol. The van der Waals surface area contributed by atoms with Gasteiger partial charge in [-0.3, -0.25) is 4.98 Å². The van der Waals surface area contributed by atoms with Crippen molar-refractivity contribution in [3.05, 3.63) is 77.5 Å². The molecule has 6 heteroatoms. The van der Waals surface area contributed by atoms with Crippen LogP contribution in [0.4, 0.5) is 18.9 Å². The van der Waals surface area contributed by atoms with E-state index in [2.05, 4.69) is 25.8 Å². The van der Waals surface area contributed by atoms with Crippen LogP contribution in [0, 0.1) is 5.41 Å². The van der Waals surface area contributed by atoms with Gasteiger partial charge in [0, 0.05) is 29.4 Å². The molecule has 0 bridgehead atoms. The van der Waals surface area contributed by atoms with Gasteiger partial charge in [0.1, 0.15) is 0 Å². The van der Waals surface area contributed by atoms with Gasteiger partial charge < -0.3 is 4.90 Å². The zero-order valence-electron chi connectivity index (χ0n) is 17.0. The molecule has 0 spiro atoms. The maximum atomic E-state index is 12.9. The van der Waals surface area contributed by atoms with Crippen LogP contribution in [0.2, 0.25) is 0 Å². The SMILES string of the molecule is CC(C)(C)C1=C(c2ccc3cccnc3c2)N=CN(c2ccc(C(F)(F)F)cc2)C1. The molecule has 2 aromatic carbocycles. The molecule has 1 aliphatic rings. The quantitative estimate of drug-likeness (QED) is 0.480. The molecule has 3 nitrogen and oxygen atoms in total. The Morgan fingerprint density at radius 3 is 2.33 bits per heavy atom. The molecule has 3 aromatic rings. The van der Waals surface area contributed by atoms with Gasteiger partial charge in [0.05, 0.1) is 23.1 Å². The smallest absolute Gasteiger partial charge is 0.328 e. The Labute approximate surface area is 173 Å². The topological polar surface area (TPSA) is 28.5 Å². The molecule has 0 atom stereocenters. The number of halogens is 3. The van der Waals surface area contributed by atoms with Crippen molar-refractivity contribution in [1.29, 1.82) is 0 Å². The number of hydrogen-bond donors (Lipinski definition) is 0. The number of aromatic nitrogens is 1. The van der Waals surface area contributed by atoms with Crippen LogP contribution in [0.1, 0.15) is 31.9 Å². The summed E-state index contributed by atoms with van der Waals surface area (Å²) < 4.78 is 38.6. The summed E-state index contributed by atoms with van der Waals surface area (Å²) in [6.07, 6.45) is -0.889. The highest BCUT2D eigenvalue weighted by atomic mass is 19.4. The third-order valence-electron chi connectivity index (χ3n) is 5.25. The van der Waals surface area contributed by atoms with E-state index in [9.17, 15) is 13.2 Å². The van der Waals surface area contributed by atoms with Gasteiger partial charge in [0.2, 0.25) is 0 Å². The zero-order chi connectivity index (χ0) is 21.5. The van der Waals surface area contributed by atoms with Gasteiger partial charge in [-0.25, -0.2) is 4.99 Å². The molecule has 0 unspecified atom stereocenters. The van der Waals surface area contributed by atoms with E-state index in [1.807, 2.05) is 35.2 Å². The number of benzene rings is 2. The summed E-state index contributed by atoms with van der Waals surface area (Å²) in [4.78, 5) is 11.0. The number of alkyl halides is 3. The average molecular weight is 409 g/mol. The number of rotatable bonds is 2. The second-order valence-electron chi connectivity index (χ2n) is 8.41. The molecule has 0 aliphatic carbocycles. The predicted octanol–water partition coefficient (Wildman–Crippen LogP) is 6.56. The maximum Gasteiger partial charge on any atom is 0.416 e. The van der Waals surface area contributed by atoms with Crippen molar-refractivity contribution in [3.63, 3.8) is 0 Å². The van der Waals surface area contributed by atoms with Crippen LogP contribution in [0.25, 0.3) is 16.6 Å². The van der Waals surface area contributed by atoms with Crippen LogP contribution in [0.3, 0.4) is 0 Å². The highest BCUT2D eigenvalue weighted by molar-refractivity contribution is 5.91. The average Bonchev–Trinajstić information content (AvgIpc) is 2.72. The summed E-state index contributed by atoms with van der Waals surface area (Å²) in [6.45, 7) is 6.90. The molecule has 1 aliphatic heterocycles. The van der Waals surface area contributed by atoms with Crippen LogP contribution < -0.4 is 4.90 Å². The second kappa shape index (κ2) is 7.27. The fraction of sp³-hybridized carbons (Fsp3) is 0.250. The van der Waals surface area contributed by atoms with E-state index in [1.165, 1.54) is 12.1 Å². The molecular formula is C24H22F3N3. The Bertz CT molecular complexity index is 1140. The Balaban J connectivity index is 1.71. The Hall–Kier alpha value is -3.15. The van der Waals surface area contributed by atoms with Crippen molar-refractivity contribution in [2.24, 2.45) is 10.4 Å². The molecule has 2 heterocycles.